The fourth-order valence-electron chi connectivity index (χ4n) is 7.21. The molecule has 3 aliphatic rings. The van der Waals surface area contributed by atoms with Crippen LogP contribution in [-0.4, -0.2) is 42.3 Å². The predicted molar refractivity (Wildman–Crippen MR) is 145 cm³/mol. The largest absolute Gasteiger partial charge is 0.392 e. The molecular formula is C29H45NO4S. The topological polar surface area (TPSA) is 81.0 Å². The van der Waals surface area contributed by atoms with E-state index < -0.39 is 22.8 Å². The van der Waals surface area contributed by atoms with Crippen LogP contribution in [0.5, 0.6) is 0 Å². The summed E-state index contributed by atoms with van der Waals surface area (Å²) in [6.07, 6.45) is 11.2. The van der Waals surface area contributed by atoms with Crippen molar-refractivity contribution in [1.82, 2.24) is 4.31 Å². The molecule has 0 unspecified atom stereocenters. The van der Waals surface area contributed by atoms with Crippen molar-refractivity contribution in [1.29, 1.82) is 0 Å². The highest BCUT2D eigenvalue weighted by atomic mass is 32.3. The van der Waals surface area contributed by atoms with Crippen LogP contribution in [0.1, 0.15) is 89.7 Å². The molecule has 2 saturated carbocycles. The van der Waals surface area contributed by atoms with Gasteiger partial charge in [-0.25, -0.2) is 4.31 Å². The molecule has 1 aromatic rings. The molecular weight excluding hydrogens is 458 g/mol. The number of amides is 1. The number of fused-ring (bicyclic) bond motifs is 1. The summed E-state index contributed by atoms with van der Waals surface area (Å²) in [7, 11) is -3.20. The molecule has 196 valence electrons. The molecule has 1 aromatic carbocycles. The fourth-order valence-corrected chi connectivity index (χ4v) is 9.87. The molecule has 1 amide bonds. The standard InChI is InChI=1S/C29H45NO4S/c1-5-6-7-8-12-25(31)24(11-9-10-22-15-13-21(2)14-16-22)27(32)30-26-19-23-17-18-29(26,28(23,3)4)20-35(30,33)34/h9-10,13-16,23-26,31,33-34H,5-8,11-12,17-20H2,1-4H3/b10-9+/t23-,24+,25+,26-,29-/m0/s1. The Balaban J connectivity index is 1.56. The second kappa shape index (κ2) is 10.2. The summed E-state index contributed by atoms with van der Waals surface area (Å²) in [5.74, 6) is -0.135. The van der Waals surface area contributed by atoms with Crippen LogP contribution < -0.4 is 0 Å². The van der Waals surface area contributed by atoms with Crippen molar-refractivity contribution in [2.24, 2.45) is 22.7 Å². The van der Waals surface area contributed by atoms with Crippen LogP contribution in [0.4, 0.5) is 0 Å². The average molecular weight is 504 g/mol. The zero-order valence-electron chi connectivity index (χ0n) is 21.9. The number of aryl methyl sites for hydroxylation is 1. The van der Waals surface area contributed by atoms with Gasteiger partial charge in [-0.2, -0.15) is 0 Å². The summed E-state index contributed by atoms with van der Waals surface area (Å²) in [5.41, 5.74) is 2.02. The van der Waals surface area contributed by atoms with Crippen molar-refractivity contribution in [3.8, 4) is 0 Å². The number of rotatable bonds is 10. The lowest BCUT2D eigenvalue weighted by Crippen LogP contribution is -2.47. The van der Waals surface area contributed by atoms with Gasteiger partial charge in [0.1, 0.15) is 0 Å². The Morgan fingerprint density at radius 1 is 1.20 bits per heavy atom. The second-order valence-electron chi connectivity index (χ2n) is 11.9. The van der Waals surface area contributed by atoms with Crippen molar-refractivity contribution in [3.63, 3.8) is 0 Å². The predicted octanol–water partition coefficient (Wildman–Crippen LogP) is 7.05. The number of hydrogen-bond donors (Lipinski definition) is 3. The molecule has 1 heterocycles. The number of unbranched alkanes of at least 4 members (excludes halogenated alkanes) is 3. The van der Waals surface area contributed by atoms with E-state index in [2.05, 4.69) is 39.8 Å². The molecule has 0 aromatic heterocycles. The number of aliphatic hydroxyl groups excluding tert-OH is 1. The van der Waals surface area contributed by atoms with Gasteiger partial charge in [-0.3, -0.25) is 13.9 Å². The van der Waals surface area contributed by atoms with Gasteiger partial charge < -0.3 is 5.11 Å². The number of carbonyl (C=O) groups is 1. The lowest BCUT2D eigenvalue weighted by molar-refractivity contribution is -0.137. The third kappa shape index (κ3) is 4.84. The molecule has 35 heavy (non-hydrogen) atoms. The Kier molecular flexibility index (Phi) is 7.78. The Morgan fingerprint density at radius 3 is 2.57 bits per heavy atom. The van der Waals surface area contributed by atoms with Crippen LogP contribution in [0.25, 0.3) is 6.08 Å². The molecule has 3 fully saturated rings. The van der Waals surface area contributed by atoms with E-state index in [1.165, 1.54) is 9.87 Å². The summed E-state index contributed by atoms with van der Waals surface area (Å²) in [6.45, 7) is 8.70. The Hall–Kier alpha value is -1.34. The van der Waals surface area contributed by atoms with E-state index in [-0.39, 0.29) is 22.8 Å². The minimum absolute atomic E-state index is 0.00395. The Labute approximate surface area is 213 Å². The third-order valence-corrected chi connectivity index (χ3v) is 11.5. The van der Waals surface area contributed by atoms with Gasteiger partial charge in [0.15, 0.2) is 0 Å². The van der Waals surface area contributed by atoms with Crippen LogP contribution in [0.15, 0.2) is 30.3 Å². The summed E-state index contributed by atoms with van der Waals surface area (Å²) in [5, 5.41) is 11.2. The van der Waals surface area contributed by atoms with Crippen LogP contribution in [0.2, 0.25) is 0 Å². The maximum Gasteiger partial charge on any atom is 0.246 e. The van der Waals surface area contributed by atoms with Crippen LogP contribution >= 0.6 is 10.8 Å². The van der Waals surface area contributed by atoms with E-state index in [1.807, 2.05) is 24.3 Å². The molecule has 5 atom stereocenters. The molecule has 1 spiro atoms. The van der Waals surface area contributed by atoms with Gasteiger partial charge in [-0.1, -0.05) is 88.4 Å². The first-order valence-corrected chi connectivity index (χ1v) is 15.2. The normalized spacial score (nSPS) is 31.0. The van der Waals surface area contributed by atoms with Gasteiger partial charge >= 0.3 is 0 Å². The quantitative estimate of drug-likeness (QED) is 0.299. The molecule has 5 nitrogen and oxygen atoms in total. The maximum absolute atomic E-state index is 14.0. The first kappa shape index (κ1) is 26.7. The van der Waals surface area contributed by atoms with Crippen LogP contribution in [0.3, 0.4) is 0 Å². The van der Waals surface area contributed by atoms with E-state index in [0.717, 1.165) is 50.5 Å². The van der Waals surface area contributed by atoms with Crippen LogP contribution in [-0.2, 0) is 4.79 Å². The van der Waals surface area contributed by atoms with E-state index in [0.29, 0.717) is 24.5 Å². The van der Waals surface area contributed by atoms with Crippen LogP contribution in [0, 0.1) is 29.6 Å². The first-order valence-electron chi connectivity index (χ1n) is 13.5. The third-order valence-electron chi connectivity index (χ3n) is 9.57. The van der Waals surface area contributed by atoms with Crippen molar-refractivity contribution in [2.75, 3.05) is 5.75 Å². The first-order chi connectivity index (χ1) is 16.5. The smallest absolute Gasteiger partial charge is 0.246 e. The molecule has 1 saturated heterocycles. The monoisotopic (exact) mass is 503 g/mol. The summed E-state index contributed by atoms with van der Waals surface area (Å²) < 4.78 is 23.9. The molecule has 1 aliphatic heterocycles. The minimum atomic E-state index is -3.20. The second-order valence-corrected chi connectivity index (χ2v) is 13.8. The SMILES string of the molecule is CCCCCC[C@@H](O)[C@@H](C/C=C/c1ccc(C)cc1)C(=O)N1[C@H]2C[C@@H]3CC[C@@]2(CS1(O)O)C3(C)C. The number of benzene rings is 1. The Bertz CT molecular complexity index is 927. The van der Waals surface area contributed by atoms with E-state index >= 15 is 0 Å². The lowest BCUT2D eigenvalue weighted by atomic mass is 9.69. The van der Waals surface area contributed by atoms with Gasteiger partial charge in [0.2, 0.25) is 5.91 Å². The number of carbonyl (C=O) groups excluding carboxylic acids is 1. The number of allylic oxidation sites excluding steroid dienone is 1. The summed E-state index contributed by atoms with van der Waals surface area (Å²) in [4.78, 5) is 14.0. The number of hydrogen-bond acceptors (Lipinski definition) is 4. The summed E-state index contributed by atoms with van der Waals surface area (Å²) >= 11 is 0. The van der Waals surface area contributed by atoms with Gasteiger partial charge in [-0.15, -0.1) is 10.8 Å². The zero-order valence-corrected chi connectivity index (χ0v) is 22.8. The fraction of sp³-hybridized carbons (Fsp3) is 0.690. The maximum atomic E-state index is 14.0. The number of nitrogens with zero attached hydrogens (tertiary/aromatic N) is 1. The molecule has 2 bridgehead atoms. The Morgan fingerprint density at radius 2 is 1.91 bits per heavy atom. The zero-order chi connectivity index (χ0) is 25.4. The van der Waals surface area contributed by atoms with Gasteiger partial charge in [0, 0.05) is 5.41 Å². The highest BCUT2D eigenvalue weighted by Crippen LogP contribution is 2.76. The van der Waals surface area contributed by atoms with Gasteiger partial charge in [-0.05, 0) is 55.9 Å². The van der Waals surface area contributed by atoms with Crippen molar-refractivity contribution < 1.29 is 19.0 Å². The average Bonchev–Trinajstić information content (AvgIpc) is 3.28. The molecule has 3 N–H and O–H groups in total. The van der Waals surface area contributed by atoms with Gasteiger partial charge in [0.05, 0.1) is 23.8 Å². The summed E-state index contributed by atoms with van der Waals surface area (Å²) in [6, 6.07) is 8.07. The molecule has 2 aliphatic carbocycles. The molecule has 0 radical (unpaired) electrons. The molecule has 4 rings (SSSR count). The number of aliphatic hydroxyl groups is 1. The van der Waals surface area contributed by atoms with Crippen molar-refractivity contribution >= 4 is 22.8 Å². The highest BCUT2D eigenvalue weighted by Gasteiger charge is 2.72. The van der Waals surface area contributed by atoms with Crippen molar-refractivity contribution in [2.45, 2.75) is 97.6 Å². The van der Waals surface area contributed by atoms with E-state index in [9.17, 15) is 19.0 Å². The highest BCUT2D eigenvalue weighted by molar-refractivity contribution is 8.22. The van der Waals surface area contributed by atoms with E-state index in [1.54, 1.807) is 0 Å². The lowest BCUT2D eigenvalue weighted by Gasteiger charge is -2.42. The molecule has 6 heteroatoms. The van der Waals surface area contributed by atoms with Crippen molar-refractivity contribution in [3.05, 3.63) is 41.5 Å². The van der Waals surface area contributed by atoms with E-state index in [4.69, 9.17) is 0 Å². The van der Waals surface area contributed by atoms with Gasteiger partial charge in [0.25, 0.3) is 0 Å². The minimum Gasteiger partial charge on any atom is -0.392 e.